The zero-order chi connectivity index (χ0) is 16.2. The highest BCUT2D eigenvalue weighted by molar-refractivity contribution is 14.2. The van der Waals surface area contributed by atoms with Crippen LogP contribution in [0.3, 0.4) is 0 Å². The lowest BCUT2D eigenvalue weighted by molar-refractivity contribution is 1.13. The first-order valence-corrected chi connectivity index (χ1v) is 9.25. The molecule has 0 aliphatic rings. The standard InChI is InChI=1S/C18H15I2N3/c1-2-13-5-3-4-6-16(13)18-17(21-11-12-22-18)14-7-9-15(10-8-14)23(19)20/h3-12H,2H2,1H3. The molecule has 0 amide bonds. The van der Waals surface area contributed by atoms with Crippen LogP contribution in [0.4, 0.5) is 5.69 Å². The molecule has 0 saturated heterocycles. The van der Waals surface area contributed by atoms with Gasteiger partial charge in [0.2, 0.25) is 0 Å². The van der Waals surface area contributed by atoms with E-state index >= 15 is 0 Å². The van der Waals surface area contributed by atoms with Gasteiger partial charge in [-0.3, -0.25) is 11.3 Å². The van der Waals surface area contributed by atoms with Gasteiger partial charge in [0, 0.05) is 23.5 Å². The largest absolute Gasteiger partial charge is 0.255 e. The van der Waals surface area contributed by atoms with Crippen molar-refractivity contribution in [3.05, 3.63) is 66.5 Å². The SMILES string of the molecule is CCc1ccccc1-c1nccnc1-c1ccc(N(I)I)cc1. The van der Waals surface area contributed by atoms with Crippen LogP contribution in [-0.2, 0) is 6.42 Å². The predicted molar refractivity (Wildman–Crippen MR) is 113 cm³/mol. The van der Waals surface area contributed by atoms with E-state index in [0.29, 0.717) is 0 Å². The van der Waals surface area contributed by atoms with E-state index < -0.39 is 0 Å². The summed E-state index contributed by atoms with van der Waals surface area (Å²) in [7, 11) is 0. The van der Waals surface area contributed by atoms with Crippen molar-refractivity contribution >= 4 is 51.4 Å². The minimum absolute atomic E-state index is 0.924. The van der Waals surface area contributed by atoms with Crippen molar-refractivity contribution in [2.45, 2.75) is 13.3 Å². The number of nitrogens with zero attached hydrogens (tertiary/aromatic N) is 3. The fraction of sp³-hybridized carbons (Fsp3) is 0.111. The quantitative estimate of drug-likeness (QED) is 0.314. The summed E-state index contributed by atoms with van der Waals surface area (Å²) in [5.74, 6) is 0. The van der Waals surface area contributed by atoms with Crippen LogP contribution in [0.2, 0.25) is 0 Å². The van der Waals surface area contributed by atoms with Crippen LogP contribution in [-0.4, -0.2) is 9.97 Å². The third-order valence-corrected chi connectivity index (χ3v) is 4.80. The molecule has 3 aromatic rings. The molecule has 0 aliphatic heterocycles. The highest BCUT2D eigenvalue weighted by Crippen LogP contribution is 2.32. The van der Waals surface area contributed by atoms with Gasteiger partial charge in [0.25, 0.3) is 0 Å². The molecule has 0 spiro atoms. The molecule has 5 heteroatoms. The van der Waals surface area contributed by atoms with E-state index in [-0.39, 0.29) is 0 Å². The average Bonchev–Trinajstić information content (AvgIpc) is 2.62. The summed E-state index contributed by atoms with van der Waals surface area (Å²) in [6.45, 7) is 2.17. The van der Waals surface area contributed by atoms with Crippen molar-refractivity contribution in [1.82, 2.24) is 9.97 Å². The smallest absolute Gasteiger partial charge is 0.0967 e. The third-order valence-electron chi connectivity index (χ3n) is 3.69. The Kier molecular flexibility index (Phi) is 5.47. The van der Waals surface area contributed by atoms with Crippen LogP contribution in [0.1, 0.15) is 12.5 Å². The number of aryl methyl sites for hydroxylation is 1. The number of benzene rings is 2. The molecular weight excluding hydrogens is 512 g/mol. The highest BCUT2D eigenvalue weighted by atomic mass is 127. The first kappa shape index (κ1) is 16.6. The molecule has 1 aromatic heterocycles. The van der Waals surface area contributed by atoms with Crippen LogP contribution in [0.25, 0.3) is 22.5 Å². The maximum Gasteiger partial charge on any atom is 0.0967 e. The topological polar surface area (TPSA) is 29.0 Å². The second-order valence-electron chi connectivity index (χ2n) is 5.04. The Hall–Kier alpha value is -1.22. The summed E-state index contributed by atoms with van der Waals surface area (Å²) in [5.41, 5.74) is 6.54. The number of hydrogen-bond acceptors (Lipinski definition) is 3. The average molecular weight is 527 g/mol. The lowest BCUT2D eigenvalue weighted by atomic mass is 9.98. The number of anilines is 1. The fourth-order valence-electron chi connectivity index (χ4n) is 2.54. The van der Waals surface area contributed by atoms with Gasteiger partial charge in [-0.1, -0.05) is 43.3 Å². The fourth-order valence-corrected chi connectivity index (χ4v) is 3.18. The van der Waals surface area contributed by atoms with Crippen LogP contribution in [0, 0.1) is 0 Å². The summed E-state index contributed by atoms with van der Waals surface area (Å²) < 4.78 is 2.03. The Labute approximate surface area is 164 Å². The van der Waals surface area contributed by atoms with Crippen LogP contribution in [0.5, 0.6) is 0 Å². The zero-order valence-electron chi connectivity index (χ0n) is 12.6. The van der Waals surface area contributed by atoms with Crippen LogP contribution < -0.4 is 1.33 Å². The molecule has 0 unspecified atom stereocenters. The van der Waals surface area contributed by atoms with Crippen molar-refractivity contribution in [3.8, 4) is 22.5 Å². The molecule has 0 radical (unpaired) electrons. The van der Waals surface area contributed by atoms with Gasteiger partial charge in [-0.05, 0) is 24.1 Å². The molecule has 0 atom stereocenters. The lowest BCUT2D eigenvalue weighted by Crippen LogP contribution is -1.96. The molecule has 2 aromatic carbocycles. The third kappa shape index (κ3) is 3.65. The van der Waals surface area contributed by atoms with Crippen LogP contribution in [0.15, 0.2) is 60.9 Å². The van der Waals surface area contributed by atoms with Gasteiger partial charge in [0.1, 0.15) is 0 Å². The second kappa shape index (κ2) is 7.57. The van der Waals surface area contributed by atoms with E-state index in [2.05, 4.69) is 111 Å². The van der Waals surface area contributed by atoms with E-state index in [0.717, 1.165) is 34.6 Å². The second-order valence-corrected chi connectivity index (χ2v) is 8.82. The van der Waals surface area contributed by atoms with Gasteiger partial charge >= 0.3 is 0 Å². The highest BCUT2D eigenvalue weighted by Gasteiger charge is 2.13. The Bertz CT molecular complexity index is 801. The van der Waals surface area contributed by atoms with Crippen molar-refractivity contribution in [1.29, 1.82) is 0 Å². The normalized spacial score (nSPS) is 10.6. The molecular formula is C18H15I2N3. The first-order chi connectivity index (χ1) is 11.2. The molecule has 116 valence electrons. The Morgan fingerprint density at radius 1 is 0.870 bits per heavy atom. The Morgan fingerprint density at radius 2 is 1.52 bits per heavy atom. The lowest BCUT2D eigenvalue weighted by Gasteiger charge is -2.12. The summed E-state index contributed by atoms with van der Waals surface area (Å²) in [4.78, 5) is 9.21. The minimum Gasteiger partial charge on any atom is -0.255 e. The maximum absolute atomic E-state index is 4.62. The van der Waals surface area contributed by atoms with Gasteiger partial charge in [-0.25, -0.2) is 0 Å². The molecule has 0 bridgehead atoms. The molecule has 0 N–H and O–H groups in total. The molecule has 3 rings (SSSR count). The molecule has 3 nitrogen and oxygen atoms in total. The van der Waals surface area contributed by atoms with Crippen molar-refractivity contribution in [3.63, 3.8) is 0 Å². The summed E-state index contributed by atoms with van der Waals surface area (Å²) in [6.07, 6.45) is 4.49. The van der Waals surface area contributed by atoms with Gasteiger partial charge in [-0.2, -0.15) is 0 Å². The number of hydrogen-bond donors (Lipinski definition) is 0. The van der Waals surface area contributed by atoms with Crippen molar-refractivity contribution in [2.75, 3.05) is 1.33 Å². The molecule has 0 fully saturated rings. The summed E-state index contributed by atoms with van der Waals surface area (Å²) in [6, 6.07) is 16.8. The monoisotopic (exact) mass is 527 g/mol. The predicted octanol–water partition coefficient (Wildman–Crippen LogP) is 5.88. The minimum atomic E-state index is 0.924. The van der Waals surface area contributed by atoms with Gasteiger partial charge in [-0.15, -0.1) is 0 Å². The Morgan fingerprint density at radius 3 is 2.17 bits per heavy atom. The number of rotatable bonds is 4. The summed E-state index contributed by atoms with van der Waals surface area (Å²) >= 11 is 4.50. The van der Waals surface area contributed by atoms with Crippen LogP contribution >= 0.6 is 45.7 Å². The first-order valence-electron chi connectivity index (χ1n) is 7.32. The number of aromatic nitrogens is 2. The molecule has 0 saturated carbocycles. The molecule has 1 heterocycles. The van der Waals surface area contributed by atoms with Crippen molar-refractivity contribution < 1.29 is 0 Å². The number of halogens is 2. The van der Waals surface area contributed by atoms with Gasteiger partial charge in [0.05, 0.1) is 62.8 Å². The zero-order valence-corrected chi connectivity index (χ0v) is 16.9. The van der Waals surface area contributed by atoms with E-state index in [1.54, 1.807) is 12.4 Å². The van der Waals surface area contributed by atoms with Crippen molar-refractivity contribution in [2.24, 2.45) is 0 Å². The van der Waals surface area contributed by atoms with Gasteiger partial charge in [0.15, 0.2) is 0 Å². The van der Waals surface area contributed by atoms with E-state index in [1.807, 2.05) is 1.33 Å². The Balaban J connectivity index is 2.11. The maximum atomic E-state index is 4.62. The molecule has 0 aliphatic carbocycles. The summed E-state index contributed by atoms with van der Waals surface area (Å²) in [5, 5.41) is 0. The van der Waals surface area contributed by atoms with Gasteiger partial charge < -0.3 is 0 Å². The van der Waals surface area contributed by atoms with E-state index in [1.165, 1.54) is 5.56 Å². The molecule has 23 heavy (non-hydrogen) atoms. The van der Waals surface area contributed by atoms with E-state index in [9.17, 15) is 0 Å². The van der Waals surface area contributed by atoms with E-state index in [4.69, 9.17) is 0 Å².